The maximum atomic E-state index is 12.4. The number of para-hydroxylation sites is 1. The van der Waals surface area contributed by atoms with E-state index < -0.39 is 0 Å². The summed E-state index contributed by atoms with van der Waals surface area (Å²) in [6.45, 7) is 0. The standard InChI is InChI=1S/C21H20ClN3O2S/c1-27-18-8-4-2-6-16(18)20-23-24-21(28-19-9-5-3-7-17(19)26)25(20)15-12-10-14(22)11-13-15/h2,4,6,8,10-13,19H,3,5,7,9H2,1H3. The zero-order valence-corrected chi connectivity index (χ0v) is 17.0. The molecule has 0 N–H and O–H groups in total. The molecule has 0 spiro atoms. The van der Waals surface area contributed by atoms with Crippen LogP contribution < -0.4 is 4.74 Å². The molecule has 144 valence electrons. The lowest BCUT2D eigenvalue weighted by Gasteiger charge is -2.20. The van der Waals surface area contributed by atoms with Crippen molar-refractivity contribution in [1.82, 2.24) is 14.8 Å². The Morgan fingerprint density at radius 1 is 1.11 bits per heavy atom. The summed E-state index contributed by atoms with van der Waals surface area (Å²) in [5.74, 6) is 1.68. The van der Waals surface area contributed by atoms with Gasteiger partial charge in [0, 0.05) is 17.1 Å². The SMILES string of the molecule is COc1ccccc1-c1nnc(SC2CCCCC2=O)n1-c1ccc(Cl)cc1. The smallest absolute Gasteiger partial charge is 0.196 e. The third-order valence-corrected chi connectivity index (χ3v) is 6.32. The average molecular weight is 414 g/mol. The molecule has 7 heteroatoms. The largest absolute Gasteiger partial charge is 0.496 e. The number of carbonyl (C=O) groups excluding carboxylic acids is 1. The van der Waals surface area contributed by atoms with Gasteiger partial charge < -0.3 is 4.74 Å². The zero-order chi connectivity index (χ0) is 19.5. The van der Waals surface area contributed by atoms with Crippen molar-refractivity contribution in [2.24, 2.45) is 0 Å². The molecule has 28 heavy (non-hydrogen) atoms. The number of halogens is 1. The van der Waals surface area contributed by atoms with Gasteiger partial charge in [0.05, 0.1) is 17.9 Å². The van der Waals surface area contributed by atoms with Gasteiger partial charge in [0.1, 0.15) is 11.5 Å². The minimum absolute atomic E-state index is 0.0745. The third-order valence-electron chi connectivity index (χ3n) is 4.81. The van der Waals surface area contributed by atoms with E-state index in [4.69, 9.17) is 16.3 Å². The molecule has 1 aromatic heterocycles. The van der Waals surface area contributed by atoms with Crippen LogP contribution in [0.5, 0.6) is 5.75 Å². The number of ether oxygens (including phenoxy) is 1. The molecule has 5 nitrogen and oxygen atoms in total. The van der Waals surface area contributed by atoms with Gasteiger partial charge in [-0.15, -0.1) is 10.2 Å². The molecule has 1 aliphatic carbocycles. The molecule has 0 amide bonds. The molecule has 1 heterocycles. The summed E-state index contributed by atoms with van der Waals surface area (Å²) in [6.07, 6.45) is 3.57. The minimum Gasteiger partial charge on any atom is -0.496 e. The van der Waals surface area contributed by atoms with E-state index >= 15 is 0 Å². The van der Waals surface area contributed by atoms with Crippen LogP contribution in [0.15, 0.2) is 53.7 Å². The number of benzene rings is 2. The molecule has 1 saturated carbocycles. The van der Waals surface area contributed by atoms with Crippen molar-refractivity contribution >= 4 is 29.1 Å². The first kappa shape index (κ1) is 19.0. The highest BCUT2D eigenvalue weighted by atomic mass is 35.5. The van der Waals surface area contributed by atoms with Gasteiger partial charge >= 0.3 is 0 Å². The van der Waals surface area contributed by atoms with E-state index in [1.54, 1.807) is 7.11 Å². The number of ketones is 1. The number of rotatable bonds is 5. The highest BCUT2D eigenvalue weighted by Crippen LogP contribution is 2.36. The van der Waals surface area contributed by atoms with E-state index in [1.807, 2.05) is 53.1 Å². The Morgan fingerprint density at radius 2 is 1.89 bits per heavy atom. The predicted octanol–water partition coefficient (Wildman–Crippen LogP) is 5.20. The topological polar surface area (TPSA) is 57.0 Å². The molecule has 1 unspecified atom stereocenters. The number of aromatic nitrogens is 3. The molecule has 0 aliphatic heterocycles. The van der Waals surface area contributed by atoms with Gasteiger partial charge in [-0.05, 0) is 49.2 Å². The lowest BCUT2D eigenvalue weighted by molar-refractivity contribution is -0.119. The summed E-state index contributed by atoms with van der Waals surface area (Å²) in [5, 5.41) is 10.2. The molecule has 0 radical (unpaired) electrons. The number of carbonyl (C=O) groups is 1. The maximum Gasteiger partial charge on any atom is 0.196 e. The van der Waals surface area contributed by atoms with E-state index in [0.29, 0.717) is 28.2 Å². The van der Waals surface area contributed by atoms with Gasteiger partial charge in [0.2, 0.25) is 0 Å². The Morgan fingerprint density at radius 3 is 2.64 bits per heavy atom. The van der Waals surface area contributed by atoms with Crippen LogP contribution in [-0.4, -0.2) is 32.9 Å². The normalized spacial score (nSPS) is 16.9. The highest BCUT2D eigenvalue weighted by molar-refractivity contribution is 8.00. The second-order valence-corrected chi connectivity index (χ2v) is 8.24. The van der Waals surface area contributed by atoms with Gasteiger partial charge in [-0.25, -0.2) is 0 Å². The van der Waals surface area contributed by atoms with E-state index in [2.05, 4.69) is 10.2 Å². The van der Waals surface area contributed by atoms with Crippen LogP contribution in [0.4, 0.5) is 0 Å². The van der Waals surface area contributed by atoms with Crippen molar-refractivity contribution in [3.05, 3.63) is 53.6 Å². The Balaban J connectivity index is 1.81. The molecule has 1 fully saturated rings. The monoisotopic (exact) mass is 413 g/mol. The van der Waals surface area contributed by atoms with Crippen molar-refractivity contribution < 1.29 is 9.53 Å². The number of thioether (sulfide) groups is 1. The Hall–Kier alpha value is -2.31. The maximum absolute atomic E-state index is 12.4. The number of hydrogen-bond donors (Lipinski definition) is 0. The summed E-state index contributed by atoms with van der Waals surface area (Å²) in [4.78, 5) is 12.4. The van der Waals surface area contributed by atoms with Crippen LogP contribution in [0, 0.1) is 0 Å². The van der Waals surface area contributed by atoms with Crippen LogP contribution in [0.3, 0.4) is 0 Å². The predicted molar refractivity (Wildman–Crippen MR) is 111 cm³/mol. The third kappa shape index (κ3) is 3.80. The van der Waals surface area contributed by atoms with Gasteiger partial charge in [-0.1, -0.05) is 41.9 Å². The minimum atomic E-state index is -0.0745. The summed E-state index contributed by atoms with van der Waals surface area (Å²) < 4.78 is 7.50. The Kier molecular flexibility index (Phi) is 5.69. The molecular weight excluding hydrogens is 394 g/mol. The van der Waals surface area contributed by atoms with Gasteiger partial charge in [-0.2, -0.15) is 0 Å². The number of methoxy groups -OCH3 is 1. The summed E-state index contributed by atoms with van der Waals surface area (Å²) in [5.41, 5.74) is 1.73. The van der Waals surface area contributed by atoms with Crippen LogP contribution in [-0.2, 0) is 4.79 Å². The van der Waals surface area contributed by atoms with Crippen molar-refractivity contribution in [1.29, 1.82) is 0 Å². The first-order valence-electron chi connectivity index (χ1n) is 9.21. The zero-order valence-electron chi connectivity index (χ0n) is 15.5. The first-order chi connectivity index (χ1) is 13.7. The van der Waals surface area contributed by atoms with E-state index in [-0.39, 0.29) is 5.25 Å². The molecule has 3 aromatic rings. The van der Waals surface area contributed by atoms with Crippen LogP contribution in [0.1, 0.15) is 25.7 Å². The average Bonchev–Trinajstić information content (AvgIpc) is 3.13. The Labute approximate surface area is 173 Å². The first-order valence-corrected chi connectivity index (χ1v) is 10.5. The lowest BCUT2D eigenvalue weighted by atomic mass is 9.99. The van der Waals surface area contributed by atoms with Crippen LogP contribution >= 0.6 is 23.4 Å². The van der Waals surface area contributed by atoms with Gasteiger partial charge in [-0.3, -0.25) is 9.36 Å². The molecule has 0 bridgehead atoms. The number of Topliss-reactive ketones (excluding diaryl/α,β-unsaturated/α-hetero) is 1. The summed E-state index contributed by atoms with van der Waals surface area (Å²) >= 11 is 7.57. The van der Waals surface area contributed by atoms with Crippen molar-refractivity contribution in [3.63, 3.8) is 0 Å². The Bertz CT molecular complexity index is 988. The molecule has 4 rings (SSSR count). The van der Waals surface area contributed by atoms with E-state index in [0.717, 1.165) is 36.3 Å². The van der Waals surface area contributed by atoms with E-state index in [1.165, 1.54) is 11.8 Å². The van der Waals surface area contributed by atoms with Gasteiger partial charge in [0.25, 0.3) is 0 Å². The molecule has 0 saturated heterocycles. The summed E-state index contributed by atoms with van der Waals surface area (Å²) in [6, 6.07) is 15.2. The van der Waals surface area contributed by atoms with Gasteiger partial charge in [0.15, 0.2) is 11.0 Å². The molecule has 1 atom stereocenters. The van der Waals surface area contributed by atoms with Crippen molar-refractivity contribution in [3.8, 4) is 22.8 Å². The fourth-order valence-corrected chi connectivity index (χ4v) is 4.68. The second kappa shape index (κ2) is 8.37. The molecule has 1 aliphatic rings. The number of hydrogen-bond acceptors (Lipinski definition) is 5. The summed E-state index contributed by atoms with van der Waals surface area (Å²) in [7, 11) is 1.64. The van der Waals surface area contributed by atoms with Crippen molar-refractivity contribution in [2.45, 2.75) is 36.1 Å². The fraction of sp³-hybridized carbons (Fsp3) is 0.286. The van der Waals surface area contributed by atoms with Crippen LogP contribution in [0.25, 0.3) is 17.1 Å². The van der Waals surface area contributed by atoms with Crippen molar-refractivity contribution in [2.75, 3.05) is 7.11 Å². The second-order valence-electron chi connectivity index (χ2n) is 6.64. The molecule has 2 aromatic carbocycles. The lowest BCUT2D eigenvalue weighted by Crippen LogP contribution is -2.21. The van der Waals surface area contributed by atoms with E-state index in [9.17, 15) is 4.79 Å². The highest BCUT2D eigenvalue weighted by Gasteiger charge is 2.27. The quantitative estimate of drug-likeness (QED) is 0.575. The van der Waals surface area contributed by atoms with Crippen LogP contribution in [0.2, 0.25) is 5.02 Å². The number of nitrogens with zero attached hydrogens (tertiary/aromatic N) is 3. The fourth-order valence-electron chi connectivity index (χ4n) is 3.38. The molecular formula is C21H20ClN3O2S.